The quantitative estimate of drug-likeness (QED) is 0.711. The van der Waals surface area contributed by atoms with Gasteiger partial charge in [0.15, 0.2) is 0 Å². The van der Waals surface area contributed by atoms with E-state index in [1.54, 1.807) is 4.90 Å². The maximum atomic E-state index is 12.0. The Hall–Kier alpha value is -1.39. The van der Waals surface area contributed by atoms with Gasteiger partial charge >= 0.3 is 0 Å². The molecule has 1 aromatic rings. The minimum atomic E-state index is 0.190. The Kier molecular flexibility index (Phi) is 6.02. The molecule has 0 spiro atoms. The Morgan fingerprint density at radius 2 is 1.95 bits per heavy atom. The predicted octanol–water partition coefficient (Wildman–Crippen LogP) is 1.76. The molecule has 0 unspecified atom stereocenters. The van der Waals surface area contributed by atoms with Gasteiger partial charge < -0.3 is 9.64 Å². The molecule has 4 heteroatoms. The highest BCUT2D eigenvalue weighted by atomic mass is 16.5. The molecular formula is C16H24N2O2. The molecule has 1 fully saturated rings. The maximum Gasteiger partial charge on any atom is 0.236 e. The van der Waals surface area contributed by atoms with Crippen LogP contribution in [0.3, 0.4) is 0 Å². The molecule has 0 saturated carbocycles. The third-order valence-electron chi connectivity index (χ3n) is 3.67. The van der Waals surface area contributed by atoms with Crippen LogP contribution in [0.4, 0.5) is 0 Å². The molecular weight excluding hydrogens is 252 g/mol. The Morgan fingerprint density at radius 1 is 1.25 bits per heavy atom. The first-order valence-corrected chi connectivity index (χ1v) is 7.33. The topological polar surface area (TPSA) is 32.8 Å². The lowest BCUT2D eigenvalue weighted by molar-refractivity contribution is -0.131. The molecule has 1 heterocycles. The van der Waals surface area contributed by atoms with Crippen LogP contribution in [0.2, 0.25) is 0 Å². The van der Waals surface area contributed by atoms with Crippen molar-refractivity contribution in [2.75, 3.05) is 39.8 Å². The second-order valence-electron chi connectivity index (χ2n) is 5.34. The van der Waals surface area contributed by atoms with Gasteiger partial charge in [0, 0.05) is 13.6 Å². The first kappa shape index (κ1) is 15.0. The Balaban J connectivity index is 1.59. The summed E-state index contributed by atoms with van der Waals surface area (Å²) in [5.41, 5.74) is 1.17. The standard InChI is InChI=1S/C16H24N2O2/c1-17(16(19)13-18-9-5-6-10-18)11-12-20-14-15-7-3-2-4-8-15/h2-4,7-8H,5-6,9-14H2,1H3. The number of carbonyl (C=O) groups excluding carboxylic acids is 1. The number of likely N-dealkylation sites (N-methyl/N-ethyl adjacent to an activating group) is 1. The third kappa shape index (κ3) is 4.94. The van der Waals surface area contributed by atoms with Gasteiger partial charge in [-0.2, -0.15) is 0 Å². The summed E-state index contributed by atoms with van der Waals surface area (Å²) in [5, 5.41) is 0. The van der Waals surface area contributed by atoms with E-state index < -0.39 is 0 Å². The van der Waals surface area contributed by atoms with Crippen molar-refractivity contribution in [1.29, 1.82) is 0 Å². The highest BCUT2D eigenvalue weighted by Crippen LogP contribution is 2.07. The van der Waals surface area contributed by atoms with E-state index in [9.17, 15) is 4.79 Å². The van der Waals surface area contributed by atoms with Gasteiger partial charge in [-0.25, -0.2) is 0 Å². The van der Waals surface area contributed by atoms with Crippen LogP contribution in [0.25, 0.3) is 0 Å². The summed E-state index contributed by atoms with van der Waals surface area (Å²) in [6.45, 7) is 4.51. The summed E-state index contributed by atoms with van der Waals surface area (Å²) in [6.07, 6.45) is 2.44. The van der Waals surface area contributed by atoms with E-state index in [-0.39, 0.29) is 5.91 Å². The monoisotopic (exact) mass is 276 g/mol. The number of hydrogen-bond donors (Lipinski definition) is 0. The number of nitrogens with zero attached hydrogens (tertiary/aromatic N) is 2. The van der Waals surface area contributed by atoms with Crippen molar-refractivity contribution in [2.45, 2.75) is 19.4 Å². The second kappa shape index (κ2) is 8.02. The summed E-state index contributed by atoms with van der Waals surface area (Å²) in [6, 6.07) is 10.1. The van der Waals surface area contributed by atoms with Crippen molar-refractivity contribution in [1.82, 2.24) is 9.80 Å². The van der Waals surface area contributed by atoms with Gasteiger partial charge in [0.25, 0.3) is 0 Å². The van der Waals surface area contributed by atoms with E-state index in [0.29, 0.717) is 26.3 Å². The summed E-state index contributed by atoms with van der Waals surface area (Å²) in [5.74, 6) is 0.190. The van der Waals surface area contributed by atoms with Crippen LogP contribution in [-0.2, 0) is 16.1 Å². The first-order valence-electron chi connectivity index (χ1n) is 7.33. The van der Waals surface area contributed by atoms with Crippen molar-refractivity contribution >= 4 is 5.91 Å². The zero-order valence-corrected chi connectivity index (χ0v) is 12.3. The normalized spacial score (nSPS) is 15.4. The zero-order valence-electron chi connectivity index (χ0n) is 12.3. The molecule has 0 aliphatic carbocycles. The minimum Gasteiger partial charge on any atom is -0.375 e. The van der Waals surface area contributed by atoms with Crippen molar-refractivity contribution in [3.8, 4) is 0 Å². The molecule has 0 bridgehead atoms. The lowest BCUT2D eigenvalue weighted by atomic mass is 10.2. The first-order chi connectivity index (χ1) is 9.75. The van der Waals surface area contributed by atoms with Gasteiger partial charge in [-0.15, -0.1) is 0 Å². The molecule has 2 rings (SSSR count). The highest BCUT2D eigenvalue weighted by Gasteiger charge is 2.17. The molecule has 110 valence electrons. The van der Waals surface area contributed by atoms with Gasteiger partial charge in [-0.3, -0.25) is 9.69 Å². The number of amides is 1. The number of benzene rings is 1. The van der Waals surface area contributed by atoms with Crippen LogP contribution in [0.1, 0.15) is 18.4 Å². The maximum absolute atomic E-state index is 12.0. The molecule has 1 amide bonds. The van der Waals surface area contributed by atoms with Crippen LogP contribution in [0, 0.1) is 0 Å². The van der Waals surface area contributed by atoms with Gasteiger partial charge in [0.2, 0.25) is 5.91 Å². The minimum absolute atomic E-state index is 0.190. The van der Waals surface area contributed by atoms with Crippen molar-refractivity contribution in [3.63, 3.8) is 0 Å². The van der Waals surface area contributed by atoms with Crippen LogP contribution < -0.4 is 0 Å². The lowest BCUT2D eigenvalue weighted by Gasteiger charge is -2.21. The average Bonchev–Trinajstić information content (AvgIpc) is 2.97. The average molecular weight is 276 g/mol. The SMILES string of the molecule is CN(CCOCc1ccccc1)C(=O)CN1CCCC1. The van der Waals surface area contributed by atoms with Crippen molar-refractivity contribution in [2.24, 2.45) is 0 Å². The van der Waals surface area contributed by atoms with E-state index in [1.807, 2.05) is 37.4 Å². The van der Waals surface area contributed by atoms with Gasteiger partial charge in [0.05, 0.1) is 19.8 Å². The van der Waals surface area contributed by atoms with Gasteiger partial charge in [-0.1, -0.05) is 30.3 Å². The Bertz CT molecular complexity index is 402. The summed E-state index contributed by atoms with van der Waals surface area (Å²) >= 11 is 0. The Labute approximate surface area is 121 Å². The third-order valence-corrected chi connectivity index (χ3v) is 3.67. The second-order valence-corrected chi connectivity index (χ2v) is 5.34. The molecule has 0 N–H and O–H groups in total. The number of carbonyl (C=O) groups is 1. The van der Waals surface area contributed by atoms with E-state index in [1.165, 1.54) is 18.4 Å². The molecule has 1 aliphatic heterocycles. The van der Waals surface area contributed by atoms with E-state index in [2.05, 4.69) is 4.90 Å². The van der Waals surface area contributed by atoms with Crippen molar-refractivity contribution < 1.29 is 9.53 Å². The van der Waals surface area contributed by atoms with E-state index in [4.69, 9.17) is 4.74 Å². The lowest BCUT2D eigenvalue weighted by Crippen LogP contribution is -2.38. The van der Waals surface area contributed by atoms with Crippen LogP contribution in [0.15, 0.2) is 30.3 Å². The van der Waals surface area contributed by atoms with Crippen LogP contribution in [-0.4, -0.2) is 55.5 Å². The van der Waals surface area contributed by atoms with E-state index >= 15 is 0 Å². The Morgan fingerprint density at radius 3 is 2.65 bits per heavy atom. The van der Waals surface area contributed by atoms with Crippen LogP contribution in [0.5, 0.6) is 0 Å². The van der Waals surface area contributed by atoms with Crippen LogP contribution >= 0.6 is 0 Å². The fourth-order valence-corrected chi connectivity index (χ4v) is 2.34. The molecule has 1 saturated heterocycles. The molecule has 1 aliphatic rings. The fourth-order valence-electron chi connectivity index (χ4n) is 2.34. The number of ether oxygens (including phenoxy) is 1. The molecule has 0 radical (unpaired) electrons. The molecule has 20 heavy (non-hydrogen) atoms. The fraction of sp³-hybridized carbons (Fsp3) is 0.562. The zero-order chi connectivity index (χ0) is 14.2. The highest BCUT2D eigenvalue weighted by molar-refractivity contribution is 5.78. The van der Waals surface area contributed by atoms with Gasteiger partial charge in [-0.05, 0) is 31.5 Å². The smallest absolute Gasteiger partial charge is 0.236 e. The number of likely N-dealkylation sites (tertiary alicyclic amines) is 1. The van der Waals surface area contributed by atoms with Crippen molar-refractivity contribution in [3.05, 3.63) is 35.9 Å². The summed E-state index contributed by atoms with van der Waals surface area (Å²) in [4.78, 5) is 16.0. The molecule has 0 atom stereocenters. The predicted molar refractivity (Wildman–Crippen MR) is 79.4 cm³/mol. The van der Waals surface area contributed by atoms with E-state index in [0.717, 1.165) is 13.1 Å². The number of hydrogen-bond acceptors (Lipinski definition) is 3. The summed E-state index contributed by atoms with van der Waals surface area (Å²) < 4.78 is 5.60. The molecule has 1 aromatic carbocycles. The molecule has 4 nitrogen and oxygen atoms in total. The number of rotatable bonds is 7. The molecule has 0 aromatic heterocycles. The largest absolute Gasteiger partial charge is 0.375 e. The summed E-state index contributed by atoms with van der Waals surface area (Å²) in [7, 11) is 1.85. The van der Waals surface area contributed by atoms with Gasteiger partial charge in [0.1, 0.15) is 0 Å².